The molecule has 0 radical (unpaired) electrons. The van der Waals surface area contributed by atoms with Crippen LogP contribution >= 0.6 is 11.3 Å². The molecule has 6 nitrogen and oxygen atoms in total. The number of rotatable bonds is 3. The summed E-state index contributed by atoms with van der Waals surface area (Å²) in [7, 11) is 1.73. The number of alkyl halides is 3. The lowest BCUT2D eigenvalue weighted by Crippen LogP contribution is -2.52. The van der Waals surface area contributed by atoms with Crippen LogP contribution in [0.4, 0.5) is 13.2 Å². The summed E-state index contributed by atoms with van der Waals surface area (Å²) in [4.78, 5) is 23.4. The van der Waals surface area contributed by atoms with Gasteiger partial charge in [-0.15, -0.1) is 0 Å². The van der Waals surface area contributed by atoms with Gasteiger partial charge in [0.25, 0.3) is 0 Å². The van der Waals surface area contributed by atoms with E-state index < -0.39 is 12.1 Å². The third-order valence-electron chi connectivity index (χ3n) is 4.77. The highest BCUT2D eigenvalue weighted by atomic mass is 32.1. The molecule has 10 heteroatoms. The van der Waals surface area contributed by atoms with E-state index in [0.29, 0.717) is 5.92 Å². The Balaban J connectivity index is 0.000000321. The first kappa shape index (κ1) is 21.6. The topological polar surface area (TPSA) is 78.9 Å². The van der Waals surface area contributed by atoms with Crippen LogP contribution in [0.2, 0.25) is 0 Å². The number of nitrogens with zero attached hydrogens (tertiary/aromatic N) is 1. The molecule has 0 saturated carbocycles. The Labute approximate surface area is 159 Å². The smallest absolute Gasteiger partial charge is 0.475 e. The Bertz CT molecular complexity index is 624. The zero-order valence-corrected chi connectivity index (χ0v) is 15.7. The van der Waals surface area contributed by atoms with Gasteiger partial charge in [0.15, 0.2) is 0 Å². The van der Waals surface area contributed by atoms with E-state index >= 15 is 0 Å². The number of carboxylic acid groups (broad SMARTS) is 1. The summed E-state index contributed by atoms with van der Waals surface area (Å²) in [5.74, 6) is -2.12. The number of nitrogens with one attached hydrogen (secondary N) is 1. The van der Waals surface area contributed by atoms with Crippen molar-refractivity contribution in [3.8, 4) is 0 Å². The fraction of sp³-hybridized carbons (Fsp3) is 0.647. The number of carbonyl (C=O) groups is 2. The van der Waals surface area contributed by atoms with Gasteiger partial charge in [-0.05, 0) is 35.2 Å². The lowest BCUT2D eigenvalue weighted by Gasteiger charge is -2.44. The molecule has 2 fully saturated rings. The zero-order valence-electron chi connectivity index (χ0n) is 14.9. The molecule has 1 aromatic heterocycles. The highest BCUT2D eigenvalue weighted by Gasteiger charge is 2.41. The number of amides is 1. The van der Waals surface area contributed by atoms with Gasteiger partial charge in [0.1, 0.15) is 0 Å². The van der Waals surface area contributed by atoms with Gasteiger partial charge >= 0.3 is 12.1 Å². The maximum absolute atomic E-state index is 12.1. The van der Waals surface area contributed by atoms with E-state index in [0.717, 1.165) is 39.1 Å². The molecule has 2 N–H and O–H groups in total. The van der Waals surface area contributed by atoms with Gasteiger partial charge in [-0.1, -0.05) is 0 Å². The van der Waals surface area contributed by atoms with Crippen LogP contribution in [0.3, 0.4) is 0 Å². The molecule has 152 valence electrons. The number of fused-ring (bicyclic) bond motifs is 1. The van der Waals surface area contributed by atoms with Crippen LogP contribution in [0.1, 0.15) is 18.4 Å². The van der Waals surface area contributed by atoms with E-state index in [1.54, 1.807) is 18.4 Å². The molecular weight excluding hydrogens is 385 g/mol. The van der Waals surface area contributed by atoms with Gasteiger partial charge in [0.05, 0.1) is 6.10 Å². The average molecular weight is 408 g/mol. The summed E-state index contributed by atoms with van der Waals surface area (Å²) in [6.07, 6.45) is -2.92. The Morgan fingerprint density at radius 2 is 2.11 bits per heavy atom. The zero-order chi connectivity index (χ0) is 20.0. The minimum Gasteiger partial charge on any atom is -0.475 e. The van der Waals surface area contributed by atoms with Gasteiger partial charge in [-0.25, -0.2) is 4.79 Å². The largest absolute Gasteiger partial charge is 0.490 e. The standard InChI is InChI=1S/C15H22N2O2S.C2HF3O2/c1-16-15(18)12-3-6-19-14-2-5-17(9-13(12)14)8-11-4-7-20-10-11;3-2(4,5)1(6)7/h4,7,10,12-14H,2-3,5-6,8-9H2,1H3,(H,16,18);(H,6,7)/t12-,13+,14-;/m1./s1. The second kappa shape index (κ2) is 9.52. The number of piperidine rings is 1. The van der Waals surface area contributed by atoms with Crippen LogP contribution in [0.25, 0.3) is 0 Å². The molecule has 27 heavy (non-hydrogen) atoms. The Morgan fingerprint density at radius 3 is 2.67 bits per heavy atom. The Hall–Kier alpha value is -1.65. The number of thiophene rings is 1. The molecule has 3 heterocycles. The van der Waals surface area contributed by atoms with Crippen molar-refractivity contribution in [2.24, 2.45) is 11.8 Å². The molecule has 0 spiro atoms. The molecule has 0 bridgehead atoms. The monoisotopic (exact) mass is 408 g/mol. The summed E-state index contributed by atoms with van der Waals surface area (Å²) in [6, 6.07) is 2.18. The van der Waals surface area contributed by atoms with Gasteiger partial charge in [-0.3, -0.25) is 9.69 Å². The molecule has 0 unspecified atom stereocenters. The molecule has 1 aromatic rings. The first-order valence-corrected chi connectivity index (χ1v) is 9.53. The van der Waals surface area contributed by atoms with E-state index in [-0.39, 0.29) is 17.9 Å². The first-order valence-electron chi connectivity index (χ1n) is 8.59. The van der Waals surface area contributed by atoms with Crippen molar-refractivity contribution in [2.75, 3.05) is 26.7 Å². The summed E-state index contributed by atoms with van der Waals surface area (Å²) in [5.41, 5.74) is 1.38. The van der Waals surface area contributed by atoms with Gasteiger partial charge in [-0.2, -0.15) is 24.5 Å². The molecule has 2 aliphatic rings. The number of hydrogen-bond acceptors (Lipinski definition) is 5. The van der Waals surface area contributed by atoms with Crippen molar-refractivity contribution in [2.45, 2.75) is 31.7 Å². The van der Waals surface area contributed by atoms with Gasteiger partial charge in [0, 0.05) is 45.1 Å². The van der Waals surface area contributed by atoms with E-state index in [9.17, 15) is 18.0 Å². The molecule has 0 aliphatic carbocycles. The number of hydrogen-bond donors (Lipinski definition) is 2. The second-order valence-electron chi connectivity index (χ2n) is 6.54. The molecule has 2 aliphatic heterocycles. The normalized spacial score (nSPS) is 25.7. The minimum absolute atomic E-state index is 0.115. The number of ether oxygens (including phenoxy) is 1. The Kier molecular flexibility index (Phi) is 7.63. The van der Waals surface area contributed by atoms with Gasteiger partial charge < -0.3 is 15.2 Å². The quantitative estimate of drug-likeness (QED) is 0.803. The first-order chi connectivity index (χ1) is 12.7. The number of carbonyl (C=O) groups excluding carboxylic acids is 1. The number of halogens is 3. The number of carboxylic acids is 1. The maximum atomic E-state index is 12.1. The van der Waals surface area contributed by atoms with Crippen LogP contribution < -0.4 is 5.32 Å². The van der Waals surface area contributed by atoms with Gasteiger partial charge in [0.2, 0.25) is 5.91 Å². The Morgan fingerprint density at radius 1 is 1.41 bits per heavy atom. The highest BCUT2D eigenvalue weighted by Crippen LogP contribution is 2.33. The van der Waals surface area contributed by atoms with Crippen LogP contribution in [-0.4, -0.2) is 60.9 Å². The van der Waals surface area contributed by atoms with Crippen molar-refractivity contribution >= 4 is 23.2 Å². The molecule has 3 rings (SSSR count). The van der Waals surface area contributed by atoms with Crippen molar-refractivity contribution in [1.82, 2.24) is 10.2 Å². The lowest BCUT2D eigenvalue weighted by molar-refractivity contribution is -0.192. The average Bonchev–Trinajstić information content (AvgIpc) is 3.13. The van der Waals surface area contributed by atoms with Crippen molar-refractivity contribution in [3.63, 3.8) is 0 Å². The molecule has 1 amide bonds. The van der Waals surface area contributed by atoms with Crippen LogP contribution in [0, 0.1) is 11.8 Å². The fourth-order valence-corrected chi connectivity index (χ4v) is 4.14. The van der Waals surface area contributed by atoms with E-state index in [2.05, 4.69) is 27.0 Å². The molecule has 3 atom stereocenters. The summed E-state index contributed by atoms with van der Waals surface area (Å²) < 4.78 is 37.6. The third kappa shape index (κ3) is 6.18. The molecular formula is C17H23F3N2O4S. The van der Waals surface area contributed by atoms with E-state index in [4.69, 9.17) is 14.6 Å². The summed E-state index contributed by atoms with van der Waals surface area (Å²) in [6.45, 7) is 3.76. The van der Waals surface area contributed by atoms with Crippen LogP contribution in [0.15, 0.2) is 16.8 Å². The van der Waals surface area contributed by atoms with Crippen molar-refractivity contribution < 1.29 is 32.6 Å². The minimum atomic E-state index is -5.08. The predicted octanol–water partition coefficient (Wildman–Crippen LogP) is 2.35. The van der Waals surface area contributed by atoms with Crippen molar-refractivity contribution in [1.29, 1.82) is 0 Å². The lowest BCUT2D eigenvalue weighted by atomic mass is 9.79. The number of likely N-dealkylation sites (tertiary alicyclic amines) is 1. The highest BCUT2D eigenvalue weighted by molar-refractivity contribution is 7.07. The summed E-state index contributed by atoms with van der Waals surface area (Å²) in [5, 5.41) is 14.3. The maximum Gasteiger partial charge on any atom is 0.490 e. The van der Waals surface area contributed by atoms with E-state index in [1.165, 1.54) is 5.56 Å². The summed E-state index contributed by atoms with van der Waals surface area (Å²) >= 11 is 1.74. The van der Waals surface area contributed by atoms with Crippen LogP contribution in [0.5, 0.6) is 0 Å². The number of aliphatic carboxylic acids is 1. The third-order valence-corrected chi connectivity index (χ3v) is 5.50. The second-order valence-corrected chi connectivity index (χ2v) is 7.32. The molecule has 0 aromatic carbocycles. The van der Waals surface area contributed by atoms with Crippen molar-refractivity contribution in [3.05, 3.63) is 22.4 Å². The molecule has 2 saturated heterocycles. The van der Waals surface area contributed by atoms with E-state index in [1.807, 2.05) is 0 Å². The SMILES string of the molecule is CNC(=O)[C@@H]1CCO[C@@H]2CCN(Cc3ccsc3)C[C@H]21.O=C(O)C(F)(F)F. The predicted molar refractivity (Wildman–Crippen MR) is 93.3 cm³/mol. The fourth-order valence-electron chi connectivity index (χ4n) is 3.48. The van der Waals surface area contributed by atoms with Crippen LogP contribution in [-0.2, 0) is 20.9 Å².